The van der Waals surface area contributed by atoms with Crippen molar-refractivity contribution in [3.05, 3.63) is 0 Å². The zero-order valence-electron chi connectivity index (χ0n) is 7.75. The second kappa shape index (κ2) is 2.22. The van der Waals surface area contributed by atoms with Gasteiger partial charge >= 0.3 is 0 Å². The van der Waals surface area contributed by atoms with E-state index in [2.05, 4.69) is 5.92 Å². The Morgan fingerprint density at radius 2 is 1.67 bits per heavy atom. The lowest BCUT2D eigenvalue weighted by Crippen LogP contribution is -2.52. The molecule has 1 saturated carbocycles. The topological polar surface area (TPSA) is 0 Å². The lowest BCUT2D eigenvalue weighted by atomic mass is 9.54. The molecule has 1 aliphatic carbocycles. The number of terminal acetylenes is 1. The summed E-state index contributed by atoms with van der Waals surface area (Å²) in [5.41, 5.74) is -0.806. The van der Waals surface area contributed by atoms with Crippen molar-refractivity contribution in [3.8, 4) is 12.3 Å². The van der Waals surface area contributed by atoms with E-state index in [1.165, 1.54) is 0 Å². The predicted molar refractivity (Wildman–Crippen MR) is 44.9 cm³/mol. The average Bonchev–Trinajstić information content (AvgIpc) is 1.78. The molecule has 1 aliphatic rings. The molecule has 0 amide bonds. The lowest BCUT2D eigenvalue weighted by molar-refractivity contribution is -0.172. The Morgan fingerprint density at radius 3 is 1.75 bits per heavy atom. The fraction of sp³-hybridized carbons (Fsp3) is 0.800. The summed E-state index contributed by atoms with van der Waals surface area (Å²) in [6, 6.07) is 0. The quantitative estimate of drug-likeness (QED) is 0.492. The van der Waals surface area contributed by atoms with E-state index in [1.807, 2.05) is 20.8 Å². The number of hydrogen-bond acceptors (Lipinski definition) is 0. The minimum Gasteiger partial charge on any atom is -0.207 e. The van der Waals surface area contributed by atoms with E-state index in [-0.39, 0.29) is 18.3 Å². The average molecular weight is 172 g/mol. The first-order chi connectivity index (χ1) is 5.22. The summed E-state index contributed by atoms with van der Waals surface area (Å²) in [7, 11) is 0. The number of rotatable bonds is 0. The number of halogens is 2. The van der Waals surface area contributed by atoms with Gasteiger partial charge in [-0.25, -0.2) is 8.78 Å². The summed E-state index contributed by atoms with van der Waals surface area (Å²) >= 11 is 0. The Kier molecular flexibility index (Phi) is 1.76. The molecule has 0 heterocycles. The van der Waals surface area contributed by atoms with Gasteiger partial charge in [-0.3, -0.25) is 0 Å². The summed E-state index contributed by atoms with van der Waals surface area (Å²) in [5.74, 6) is 0.00236. The molecule has 0 aromatic rings. The Balaban J connectivity index is 2.81. The van der Waals surface area contributed by atoms with Crippen LogP contribution in [0, 0.1) is 23.2 Å². The summed E-state index contributed by atoms with van der Waals surface area (Å²) in [6.45, 7) is 5.76. The first kappa shape index (κ1) is 9.51. The van der Waals surface area contributed by atoms with Crippen LogP contribution in [0.5, 0.6) is 0 Å². The van der Waals surface area contributed by atoms with Gasteiger partial charge in [0.15, 0.2) is 0 Å². The van der Waals surface area contributed by atoms with Crippen LogP contribution in [-0.4, -0.2) is 5.92 Å². The molecule has 0 N–H and O–H groups in total. The molecule has 0 aromatic carbocycles. The molecular formula is C10H14F2. The molecule has 0 radical (unpaired) electrons. The van der Waals surface area contributed by atoms with Gasteiger partial charge in [-0.15, -0.1) is 6.42 Å². The summed E-state index contributed by atoms with van der Waals surface area (Å²) in [4.78, 5) is 0. The van der Waals surface area contributed by atoms with Gasteiger partial charge in [0, 0.05) is 18.3 Å². The Hall–Kier alpha value is -0.580. The maximum absolute atomic E-state index is 12.7. The minimum absolute atomic E-state index is 0.153. The first-order valence-electron chi connectivity index (χ1n) is 4.08. The normalized spacial score (nSPS) is 25.7. The van der Waals surface area contributed by atoms with E-state index < -0.39 is 11.3 Å². The van der Waals surface area contributed by atoms with Crippen LogP contribution in [0.4, 0.5) is 8.78 Å². The molecule has 0 atom stereocenters. The monoisotopic (exact) mass is 172 g/mol. The van der Waals surface area contributed by atoms with Gasteiger partial charge in [0.05, 0.1) is 0 Å². The SMILES string of the molecule is C#CC1(C(C)(C)C)CC(F)(F)C1. The van der Waals surface area contributed by atoms with Crippen molar-refractivity contribution in [2.45, 2.75) is 39.5 Å². The molecule has 68 valence electrons. The third-order valence-corrected chi connectivity index (χ3v) is 2.83. The molecular weight excluding hydrogens is 158 g/mol. The molecule has 0 aliphatic heterocycles. The van der Waals surface area contributed by atoms with Crippen molar-refractivity contribution in [3.63, 3.8) is 0 Å². The highest BCUT2D eigenvalue weighted by Crippen LogP contribution is 2.60. The van der Waals surface area contributed by atoms with Crippen LogP contribution in [-0.2, 0) is 0 Å². The molecule has 12 heavy (non-hydrogen) atoms. The van der Waals surface area contributed by atoms with Crippen molar-refractivity contribution < 1.29 is 8.78 Å². The van der Waals surface area contributed by atoms with Crippen LogP contribution in [0.25, 0.3) is 0 Å². The van der Waals surface area contributed by atoms with Crippen molar-refractivity contribution >= 4 is 0 Å². The molecule has 1 fully saturated rings. The fourth-order valence-electron chi connectivity index (χ4n) is 1.68. The van der Waals surface area contributed by atoms with E-state index >= 15 is 0 Å². The maximum atomic E-state index is 12.7. The third kappa shape index (κ3) is 1.22. The minimum atomic E-state index is -2.53. The second-order valence-corrected chi connectivity index (χ2v) is 4.69. The molecule has 0 aromatic heterocycles. The van der Waals surface area contributed by atoms with Gasteiger partial charge in [-0.05, 0) is 5.41 Å². The van der Waals surface area contributed by atoms with Gasteiger partial charge < -0.3 is 0 Å². The molecule has 2 heteroatoms. The van der Waals surface area contributed by atoms with Gasteiger partial charge in [0.1, 0.15) is 0 Å². The fourth-order valence-corrected chi connectivity index (χ4v) is 1.68. The molecule has 0 bridgehead atoms. The number of hydrogen-bond donors (Lipinski definition) is 0. The summed E-state index contributed by atoms with van der Waals surface area (Å²) in [6.07, 6.45) is 4.99. The van der Waals surface area contributed by atoms with Crippen LogP contribution in [0.3, 0.4) is 0 Å². The lowest BCUT2D eigenvalue weighted by Gasteiger charge is -2.51. The highest BCUT2D eigenvalue weighted by atomic mass is 19.3. The van der Waals surface area contributed by atoms with E-state index in [9.17, 15) is 8.78 Å². The maximum Gasteiger partial charge on any atom is 0.251 e. The molecule has 1 rings (SSSR count). The molecule has 0 unspecified atom stereocenters. The van der Waals surface area contributed by atoms with E-state index in [1.54, 1.807) is 0 Å². The van der Waals surface area contributed by atoms with E-state index in [0.717, 1.165) is 0 Å². The van der Waals surface area contributed by atoms with Crippen LogP contribution in [0.1, 0.15) is 33.6 Å². The summed E-state index contributed by atoms with van der Waals surface area (Å²) < 4.78 is 25.3. The Labute approximate surface area is 72.3 Å². The zero-order valence-corrected chi connectivity index (χ0v) is 7.75. The van der Waals surface area contributed by atoms with Gasteiger partial charge in [-0.2, -0.15) is 0 Å². The van der Waals surface area contributed by atoms with Crippen LogP contribution in [0.2, 0.25) is 0 Å². The smallest absolute Gasteiger partial charge is 0.207 e. The first-order valence-corrected chi connectivity index (χ1v) is 4.08. The van der Waals surface area contributed by atoms with Gasteiger partial charge in [0.25, 0.3) is 5.92 Å². The highest BCUT2D eigenvalue weighted by Gasteiger charge is 2.60. The molecule has 0 spiro atoms. The van der Waals surface area contributed by atoms with Crippen molar-refractivity contribution in [1.82, 2.24) is 0 Å². The van der Waals surface area contributed by atoms with Crippen LogP contribution in [0.15, 0.2) is 0 Å². The highest BCUT2D eigenvalue weighted by molar-refractivity contribution is 5.20. The molecule has 0 nitrogen and oxygen atoms in total. The Bertz CT molecular complexity index is 219. The van der Waals surface area contributed by atoms with Crippen molar-refractivity contribution in [1.29, 1.82) is 0 Å². The van der Waals surface area contributed by atoms with Crippen molar-refractivity contribution in [2.75, 3.05) is 0 Å². The second-order valence-electron chi connectivity index (χ2n) is 4.69. The van der Waals surface area contributed by atoms with Crippen LogP contribution >= 0.6 is 0 Å². The van der Waals surface area contributed by atoms with Crippen LogP contribution < -0.4 is 0 Å². The van der Waals surface area contributed by atoms with Gasteiger partial charge in [-0.1, -0.05) is 26.7 Å². The Morgan fingerprint density at radius 1 is 1.25 bits per heavy atom. The van der Waals surface area contributed by atoms with Crippen molar-refractivity contribution in [2.24, 2.45) is 10.8 Å². The summed E-state index contributed by atoms with van der Waals surface area (Å²) in [5, 5.41) is 0. The third-order valence-electron chi connectivity index (χ3n) is 2.83. The zero-order chi connectivity index (χ0) is 9.62. The predicted octanol–water partition coefficient (Wildman–Crippen LogP) is 3.08. The largest absolute Gasteiger partial charge is 0.251 e. The van der Waals surface area contributed by atoms with E-state index in [4.69, 9.17) is 6.42 Å². The number of alkyl halides is 2. The van der Waals surface area contributed by atoms with Gasteiger partial charge in [0.2, 0.25) is 0 Å². The standard InChI is InChI=1S/C10H14F2/c1-5-9(8(2,3)4)6-10(11,12)7-9/h1H,6-7H2,2-4H3. The molecule has 0 saturated heterocycles. The van der Waals surface area contributed by atoms with E-state index in [0.29, 0.717) is 0 Å².